The summed E-state index contributed by atoms with van der Waals surface area (Å²) in [6.07, 6.45) is -0.345. The number of aliphatic hydroxyl groups excluding tert-OH is 1. The number of anilines is 1. The molecule has 1 spiro atoms. The van der Waals surface area contributed by atoms with Crippen molar-refractivity contribution in [1.82, 2.24) is 10.2 Å². The van der Waals surface area contributed by atoms with Crippen LogP contribution in [0.4, 0.5) is 19.0 Å². The van der Waals surface area contributed by atoms with E-state index in [-0.39, 0.29) is 30.3 Å². The lowest BCUT2D eigenvalue weighted by atomic mass is 9.90. The van der Waals surface area contributed by atoms with Gasteiger partial charge in [-0.2, -0.15) is 13.2 Å². The molecule has 2 N–H and O–H groups in total. The third-order valence-corrected chi connectivity index (χ3v) is 6.95. The molecular formula is C24H28F3N3O4. The normalized spacial score (nSPS) is 25.3. The molecule has 7 nitrogen and oxygen atoms in total. The van der Waals surface area contributed by atoms with E-state index in [2.05, 4.69) is 15.5 Å². The zero-order valence-electron chi connectivity index (χ0n) is 19.1. The molecule has 34 heavy (non-hydrogen) atoms. The average molecular weight is 479 g/mol. The van der Waals surface area contributed by atoms with Gasteiger partial charge in [-0.25, -0.2) is 0 Å². The Morgan fingerprint density at radius 3 is 2.68 bits per heavy atom. The second-order valence-corrected chi connectivity index (χ2v) is 9.42. The van der Waals surface area contributed by atoms with Crippen LogP contribution in [0.3, 0.4) is 0 Å². The Labute approximate surface area is 195 Å². The average Bonchev–Trinajstić information content (AvgIpc) is 3.40. The van der Waals surface area contributed by atoms with Gasteiger partial charge < -0.3 is 24.6 Å². The number of fused-ring (bicyclic) bond motifs is 1. The summed E-state index contributed by atoms with van der Waals surface area (Å²) in [4.78, 5) is 0. The number of hydrogen-bond donors (Lipinski definition) is 2. The van der Waals surface area contributed by atoms with Gasteiger partial charge in [0.05, 0.1) is 29.4 Å². The van der Waals surface area contributed by atoms with E-state index in [9.17, 15) is 18.3 Å². The van der Waals surface area contributed by atoms with Crippen LogP contribution < -0.4 is 10.1 Å². The van der Waals surface area contributed by atoms with Crippen LogP contribution in [0.25, 0.3) is 11.3 Å². The molecule has 1 aromatic heterocycles. The maximum Gasteiger partial charge on any atom is 0.416 e. The van der Waals surface area contributed by atoms with Crippen LogP contribution >= 0.6 is 0 Å². The molecule has 2 fully saturated rings. The van der Waals surface area contributed by atoms with Gasteiger partial charge in [0.2, 0.25) is 0 Å². The fourth-order valence-electron chi connectivity index (χ4n) is 5.08. The highest BCUT2D eigenvalue weighted by atomic mass is 19.4. The number of hydrogen-bond acceptors (Lipinski definition) is 7. The molecule has 184 valence electrons. The summed E-state index contributed by atoms with van der Waals surface area (Å²) in [5.74, 6) is 0.586. The smallest absolute Gasteiger partial charge is 0.416 e. The van der Waals surface area contributed by atoms with E-state index >= 15 is 0 Å². The van der Waals surface area contributed by atoms with Crippen LogP contribution in [-0.4, -0.2) is 47.0 Å². The highest BCUT2D eigenvalue weighted by Crippen LogP contribution is 2.53. The van der Waals surface area contributed by atoms with E-state index in [4.69, 9.17) is 14.2 Å². The molecule has 5 rings (SSSR count). The zero-order chi connectivity index (χ0) is 24.1. The van der Waals surface area contributed by atoms with Crippen molar-refractivity contribution >= 4 is 5.82 Å². The summed E-state index contributed by atoms with van der Waals surface area (Å²) < 4.78 is 56.9. The first-order chi connectivity index (χ1) is 16.2. The number of halogens is 3. The largest absolute Gasteiger partial charge is 0.467 e. The zero-order valence-corrected chi connectivity index (χ0v) is 19.1. The van der Waals surface area contributed by atoms with Crippen molar-refractivity contribution in [3.8, 4) is 17.0 Å². The lowest BCUT2D eigenvalue weighted by molar-refractivity contribution is -0.137. The van der Waals surface area contributed by atoms with Gasteiger partial charge in [0.15, 0.2) is 12.6 Å². The van der Waals surface area contributed by atoms with E-state index < -0.39 is 17.8 Å². The lowest BCUT2D eigenvalue weighted by Gasteiger charge is -2.33. The van der Waals surface area contributed by atoms with Gasteiger partial charge in [0.25, 0.3) is 0 Å². The number of methoxy groups -OCH3 is 1. The van der Waals surface area contributed by atoms with Gasteiger partial charge in [-0.05, 0) is 62.8 Å². The van der Waals surface area contributed by atoms with E-state index in [0.717, 1.165) is 55.4 Å². The first kappa shape index (κ1) is 23.3. The van der Waals surface area contributed by atoms with Crippen molar-refractivity contribution in [1.29, 1.82) is 0 Å². The molecule has 2 aromatic rings. The molecule has 2 aliphatic carbocycles. The van der Waals surface area contributed by atoms with Crippen molar-refractivity contribution in [2.75, 3.05) is 19.2 Å². The first-order valence-corrected chi connectivity index (χ1v) is 11.6. The maximum absolute atomic E-state index is 13.4. The first-order valence-electron chi connectivity index (χ1n) is 11.6. The third-order valence-electron chi connectivity index (χ3n) is 6.95. The SMILES string of the molecule is COCOc1cc(C(F)(F)F)ccc1-c1nnc(NC2CCC[C@H]2O)c2c1CC1(CC1)OC2C. The Bertz CT molecular complexity index is 1070. The third kappa shape index (κ3) is 4.34. The summed E-state index contributed by atoms with van der Waals surface area (Å²) in [6.45, 7) is 1.75. The molecule has 2 saturated carbocycles. The Balaban J connectivity index is 1.61. The molecule has 0 radical (unpaired) electrons. The predicted octanol–water partition coefficient (Wildman–Crippen LogP) is 4.64. The molecule has 2 unspecified atom stereocenters. The quantitative estimate of drug-likeness (QED) is 0.584. The predicted molar refractivity (Wildman–Crippen MR) is 117 cm³/mol. The second kappa shape index (κ2) is 8.66. The molecule has 3 atom stereocenters. The van der Waals surface area contributed by atoms with Crippen LogP contribution in [0.15, 0.2) is 18.2 Å². The monoisotopic (exact) mass is 479 g/mol. The molecule has 2 heterocycles. The molecule has 3 aliphatic rings. The molecule has 1 aliphatic heterocycles. The fourth-order valence-corrected chi connectivity index (χ4v) is 5.08. The highest BCUT2D eigenvalue weighted by molar-refractivity contribution is 5.74. The highest BCUT2D eigenvalue weighted by Gasteiger charge is 2.50. The molecular weight excluding hydrogens is 451 g/mol. The molecule has 0 saturated heterocycles. The Hall–Kier alpha value is -2.43. The number of nitrogens with zero attached hydrogens (tertiary/aromatic N) is 2. The molecule has 0 bridgehead atoms. The van der Waals surface area contributed by atoms with E-state index in [1.54, 1.807) is 0 Å². The van der Waals surface area contributed by atoms with Crippen molar-refractivity contribution in [2.24, 2.45) is 0 Å². The molecule has 1 aromatic carbocycles. The minimum absolute atomic E-state index is 0.0316. The van der Waals surface area contributed by atoms with Gasteiger partial charge in [-0.1, -0.05) is 0 Å². The number of alkyl halides is 3. The van der Waals surface area contributed by atoms with E-state index in [1.807, 2.05) is 6.92 Å². The van der Waals surface area contributed by atoms with Crippen LogP contribution in [0, 0.1) is 0 Å². The van der Waals surface area contributed by atoms with Crippen molar-refractivity contribution < 1.29 is 32.5 Å². The Kier molecular flexibility index (Phi) is 5.94. The van der Waals surface area contributed by atoms with Gasteiger partial charge in [-0.3, -0.25) is 0 Å². The number of benzene rings is 1. The minimum Gasteiger partial charge on any atom is -0.467 e. The van der Waals surface area contributed by atoms with Gasteiger partial charge in [0, 0.05) is 24.7 Å². The van der Waals surface area contributed by atoms with Gasteiger partial charge in [-0.15, -0.1) is 10.2 Å². The fraction of sp³-hybridized carbons (Fsp3) is 0.583. The van der Waals surface area contributed by atoms with Gasteiger partial charge >= 0.3 is 6.18 Å². The van der Waals surface area contributed by atoms with E-state index in [0.29, 0.717) is 23.5 Å². The van der Waals surface area contributed by atoms with Crippen LogP contribution in [-0.2, 0) is 22.1 Å². The van der Waals surface area contributed by atoms with Gasteiger partial charge in [0.1, 0.15) is 11.4 Å². The number of aliphatic hydroxyl groups is 1. The lowest BCUT2D eigenvalue weighted by Crippen LogP contribution is -2.33. The van der Waals surface area contributed by atoms with Crippen LogP contribution in [0.1, 0.15) is 61.8 Å². The molecule has 0 amide bonds. The number of rotatable bonds is 6. The summed E-state index contributed by atoms with van der Waals surface area (Å²) in [6, 6.07) is 3.25. The number of aromatic nitrogens is 2. The number of nitrogens with one attached hydrogen (secondary N) is 1. The second-order valence-electron chi connectivity index (χ2n) is 9.42. The summed E-state index contributed by atoms with van der Waals surface area (Å²) in [7, 11) is 1.41. The van der Waals surface area contributed by atoms with Crippen LogP contribution in [0.2, 0.25) is 0 Å². The maximum atomic E-state index is 13.4. The number of ether oxygens (including phenoxy) is 3. The summed E-state index contributed by atoms with van der Waals surface area (Å²) in [5.41, 5.74) is 1.55. The summed E-state index contributed by atoms with van der Waals surface area (Å²) in [5, 5.41) is 22.5. The minimum atomic E-state index is -4.51. The Morgan fingerprint density at radius 1 is 1.24 bits per heavy atom. The van der Waals surface area contributed by atoms with Crippen LogP contribution in [0.5, 0.6) is 5.75 Å². The summed E-state index contributed by atoms with van der Waals surface area (Å²) >= 11 is 0. The van der Waals surface area contributed by atoms with E-state index in [1.165, 1.54) is 13.2 Å². The van der Waals surface area contributed by atoms with Crippen molar-refractivity contribution in [2.45, 2.75) is 75.5 Å². The van der Waals surface area contributed by atoms with Crippen molar-refractivity contribution in [3.63, 3.8) is 0 Å². The Morgan fingerprint density at radius 2 is 2.03 bits per heavy atom. The topological polar surface area (TPSA) is 85.7 Å². The van der Waals surface area contributed by atoms with Crippen molar-refractivity contribution in [3.05, 3.63) is 34.9 Å². The standard InChI is InChI=1S/C24H28F3N3O4/c1-13-20-16(11-23(34-13)8-9-23)21(29-30-22(20)28-17-4-3-5-18(17)31)15-7-6-14(24(25,26)27)10-19(15)33-12-32-2/h6-7,10,13,17-18,31H,3-5,8-9,11-12H2,1-2H3,(H,28,30)/t13?,17?,18-/m1/s1. The molecule has 10 heteroatoms.